The van der Waals surface area contributed by atoms with Crippen LogP contribution in [0.2, 0.25) is 0 Å². The van der Waals surface area contributed by atoms with Crippen molar-refractivity contribution in [2.24, 2.45) is 5.92 Å². The number of benzene rings is 1. The highest BCUT2D eigenvalue weighted by Crippen LogP contribution is 2.25. The Labute approximate surface area is 158 Å². The fraction of sp³-hybridized carbons (Fsp3) is 0.450. The SMILES string of the molecule is Cc1csc(NC(=O)CN(CC2CCCCC2)C(=O)c2ccccc2)n1. The standard InChI is InChI=1S/C20H25N3O2S/c1-15-14-26-20(21-15)22-18(24)13-23(12-16-8-4-2-5-9-16)19(25)17-10-6-3-7-11-17/h3,6-7,10-11,14,16H,2,4-5,8-9,12-13H2,1H3,(H,21,22,24). The number of carbonyl (C=O) groups excluding carboxylic acids is 2. The maximum Gasteiger partial charge on any atom is 0.254 e. The zero-order valence-electron chi connectivity index (χ0n) is 15.1. The van der Waals surface area contributed by atoms with Crippen molar-refractivity contribution in [1.29, 1.82) is 0 Å². The summed E-state index contributed by atoms with van der Waals surface area (Å²) in [6.07, 6.45) is 5.95. The normalized spacial score (nSPS) is 14.8. The van der Waals surface area contributed by atoms with Gasteiger partial charge in [-0.25, -0.2) is 4.98 Å². The number of nitrogens with zero attached hydrogens (tertiary/aromatic N) is 2. The number of carbonyl (C=O) groups is 2. The van der Waals surface area contributed by atoms with Gasteiger partial charge in [0.15, 0.2) is 5.13 Å². The topological polar surface area (TPSA) is 62.3 Å². The molecule has 1 saturated carbocycles. The molecule has 1 heterocycles. The van der Waals surface area contributed by atoms with Gasteiger partial charge in [-0.2, -0.15) is 0 Å². The largest absolute Gasteiger partial charge is 0.329 e. The summed E-state index contributed by atoms with van der Waals surface area (Å²) in [5.74, 6) is 0.201. The lowest BCUT2D eigenvalue weighted by atomic mass is 9.89. The Morgan fingerprint density at radius 2 is 1.92 bits per heavy atom. The van der Waals surface area contributed by atoms with E-state index in [9.17, 15) is 9.59 Å². The average molecular weight is 372 g/mol. The number of aryl methyl sites for hydroxylation is 1. The molecule has 3 rings (SSSR count). The summed E-state index contributed by atoms with van der Waals surface area (Å²) in [6, 6.07) is 9.20. The third-order valence-corrected chi connectivity index (χ3v) is 5.59. The summed E-state index contributed by atoms with van der Waals surface area (Å²) in [6.45, 7) is 2.58. The predicted molar refractivity (Wildman–Crippen MR) is 104 cm³/mol. The first-order chi connectivity index (χ1) is 12.6. The van der Waals surface area contributed by atoms with E-state index in [1.807, 2.05) is 30.5 Å². The third kappa shape index (κ3) is 5.14. The van der Waals surface area contributed by atoms with E-state index < -0.39 is 0 Å². The van der Waals surface area contributed by atoms with Crippen molar-refractivity contribution < 1.29 is 9.59 Å². The second-order valence-corrected chi connectivity index (χ2v) is 7.76. The monoisotopic (exact) mass is 371 g/mol. The zero-order chi connectivity index (χ0) is 18.4. The number of amides is 2. The molecule has 5 nitrogen and oxygen atoms in total. The maximum atomic E-state index is 12.9. The van der Waals surface area contributed by atoms with Gasteiger partial charge >= 0.3 is 0 Å². The van der Waals surface area contributed by atoms with Crippen LogP contribution in [0, 0.1) is 12.8 Å². The van der Waals surface area contributed by atoms with E-state index in [1.54, 1.807) is 17.0 Å². The summed E-state index contributed by atoms with van der Waals surface area (Å²) < 4.78 is 0. The van der Waals surface area contributed by atoms with Crippen molar-refractivity contribution in [3.63, 3.8) is 0 Å². The molecule has 1 aromatic heterocycles. The second-order valence-electron chi connectivity index (χ2n) is 6.90. The van der Waals surface area contributed by atoms with E-state index >= 15 is 0 Å². The molecule has 6 heteroatoms. The number of hydrogen-bond acceptors (Lipinski definition) is 4. The molecule has 0 unspecified atom stereocenters. The minimum atomic E-state index is -0.195. The quantitative estimate of drug-likeness (QED) is 0.831. The van der Waals surface area contributed by atoms with E-state index in [4.69, 9.17) is 0 Å². The van der Waals surface area contributed by atoms with Gasteiger partial charge in [0.2, 0.25) is 5.91 Å². The van der Waals surface area contributed by atoms with Crippen LogP contribution in [-0.2, 0) is 4.79 Å². The number of aromatic nitrogens is 1. The van der Waals surface area contributed by atoms with Crippen LogP contribution in [0.25, 0.3) is 0 Å². The van der Waals surface area contributed by atoms with Crippen LogP contribution in [-0.4, -0.2) is 34.8 Å². The molecule has 1 N–H and O–H groups in total. The highest BCUT2D eigenvalue weighted by atomic mass is 32.1. The Kier molecular flexibility index (Phi) is 6.39. The van der Waals surface area contributed by atoms with Crippen molar-refractivity contribution in [1.82, 2.24) is 9.88 Å². The van der Waals surface area contributed by atoms with E-state index in [0.29, 0.717) is 23.2 Å². The zero-order valence-corrected chi connectivity index (χ0v) is 15.9. The highest BCUT2D eigenvalue weighted by molar-refractivity contribution is 7.13. The van der Waals surface area contributed by atoms with Crippen LogP contribution in [0.4, 0.5) is 5.13 Å². The number of nitrogens with one attached hydrogen (secondary N) is 1. The first kappa shape index (κ1) is 18.6. The minimum absolute atomic E-state index is 0.0584. The molecule has 2 amide bonds. The van der Waals surface area contributed by atoms with E-state index in [1.165, 1.54) is 30.6 Å². The van der Waals surface area contributed by atoms with Crippen LogP contribution in [0.5, 0.6) is 0 Å². The van der Waals surface area contributed by atoms with Gasteiger partial charge in [-0.1, -0.05) is 37.5 Å². The molecule has 0 radical (unpaired) electrons. The Morgan fingerprint density at radius 3 is 2.58 bits per heavy atom. The maximum absolute atomic E-state index is 12.9. The molecule has 0 saturated heterocycles. The van der Waals surface area contributed by atoms with Crippen molar-refractivity contribution in [2.45, 2.75) is 39.0 Å². The lowest BCUT2D eigenvalue weighted by Crippen LogP contribution is -2.41. The number of hydrogen-bond donors (Lipinski definition) is 1. The molecule has 0 atom stereocenters. The summed E-state index contributed by atoms with van der Waals surface area (Å²) in [5, 5.41) is 5.29. The first-order valence-electron chi connectivity index (χ1n) is 9.18. The molecule has 1 aliphatic rings. The Hall–Kier alpha value is -2.21. The van der Waals surface area contributed by atoms with Crippen molar-refractivity contribution in [3.05, 3.63) is 47.0 Å². The predicted octanol–water partition coefficient (Wildman–Crippen LogP) is 4.11. The van der Waals surface area contributed by atoms with Gasteiger partial charge in [-0.15, -0.1) is 11.3 Å². The third-order valence-electron chi connectivity index (χ3n) is 4.71. The summed E-state index contributed by atoms with van der Waals surface area (Å²) in [7, 11) is 0. The molecule has 138 valence electrons. The summed E-state index contributed by atoms with van der Waals surface area (Å²) in [5.41, 5.74) is 1.51. The Bertz CT molecular complexity index is 739. The molecular formula is C20H25N3O2S. The van der Waals surface area contributed by atoms with Crippen molar-refractivity contribution >= 4 is 28.3 Å². The van der Waals surface area contributed by atoms with E-state index in [-0.39, 0.29) is 18.4 Å². The molecule has 1 aliphatic carbocycles. The van der Waals surface area contributed by atoms with Crippen LogP contribution in [0.3, 0.4) is 0 Å². The van der Waals surface area contributed by atoms with Crippen LogP contribution >= 0.6 is 11.3 Å². The highest BCUT2D eigenvalue weighted by Gasteiger charge is 2.24. The fourth-order valence-electron chi connectivity index (χ4n) is 3.41. The van der Waals surface area contributed by atoms with Gasteiger partial charge in [0.05, 0.1) is 5.69 Å². The number of rotatable bonds is 6. The molecule has 0 spiro atoms. The van der Waals surface area contributed by atoms with Gasteiger partial charge in [0.1, 0.15) is 6.54 Å². The second kappa shape index (κ2) is 8.94. The smallest absolute Gasteiger partial charge is 0.254 e. The number of thiazole rings is 1. The van der Waals surface area contributed by atoms with Crippen molar-refractivity contribution in [2.75, 3.05) is 18.4 Å². The Morgan fingerprint density at radius 1 is 1.19 bits per heavy atom. The molecule has 1 aromatic carbocycles. The van der Waals surface area contributed by atoms with Gasteiger partial charge < -0.3 is 10.2 Å². The van der Waals surface area contributed by atoms with Gasteiger partial charge in [-0.3, -0.25) is 9.59 Å². The minimum Gasteiger partial charge on any atom is -0.329 e. The summed E-state index contributed by atoms with van der Waals surface area (Å²) in [4.78, 5) is 31.4. The van der Waals surface area contributed by atoms with Crippen LogP contribution in [0.15, 0.2) is 35.7 Å². The molecule has 2 aromatic rings. The van der Waals surface area contributed by atoms with E-state index in [2.05, 4.69) is 10.3 Å². The fourth-order valence-corrected chi connectivity index (χ4v) is 4.11. The number of anilines is 1. The van der Waals surface area contributed by atoms with Crippen molar-refractivity contribution in [3.8, 4) is 0 Å². The average Bonchev–Trinajstić information content (AvgIpc) is 3.06. The molecule has 26 heavy (non-hydrogen) atoms. The van der Waals surface area contributed by atoms with Crippen LogP contribution in [0.1, 0.15) is 48.2 Å². The first-order valence-corrected chi connectivity index (χ1v) is 10.1. The lowest BCUT2D eigenvalue weighted by Gasteiger charge is -2.29. The van der Waals surface area contributed by atoms with Gasteiger partial charge in [-0.05, 0) is 37.8 Å². The molecule has 0 aliphatic heterocycles. The lowest BCUT2D eigenvalue weighted by molar-refractivity contribution is -0.117. The van der Waals surface area contributed by atoms with Crippen LogP contribution < -0.4 is 5.32 Å². The molecular weight excluding hydrogens is 346 g/mol. The molecule has 0 bridgehead atoms. The van der Waals surface area contributed by atoms with Gasteiger partial charge in [0, 0.05) is 17.5 Å². The summed E-state index contributed by atoms with van der Waals surface area (Å²) >= 11 is 1.40. The molecule has 1 fully saturated rings. The Balaban J connectivity index is 1.68. The van der Waals surface area contributed by atoms with Gasteiger partial charge in [0.25, 0.3) is 5.91 Å². The van der Waals surface area contributed by atoms with E-state index in [0.717, 1.165) is 18.5 Å².